The van der Waals surface area contributed by atoms with Crippen molar-refractivity contribution in [2.75, 3.05) is 6.54 Å². The largest absolute Gasteiger partial charge is 0.317 e. The van der Waals surface area contributed by atoms with Gasteiger partial charge < -0.3 is 10.4 Å². The van der Waals surface area contributed by atoms with Crippen LogP contribution in [0.3, 0.4) is 0 Å². The maximum absolute atomic E-state index is 8.06. The number of hydrogen-bond donors (Lipinski definition) is 4. The van der Waals surface area contributed by atoms with Crippen molar-refractivity contribution in [3.8, 4) is 0 Å². The van der Waals surface area contributed by atoms with Gasteiger partial charge in [-0.15, -0.1) is 0 Å². The topological polar surface area (TPSA) is 64.5 Å². The van der Waals surface area contributed by atoms with Gasteiger partial charge in [0.15, 0.2) is 0 Å². The molecule has 0 fully saturated rings. The number of hydrogen-bond acceptors (Lipinski definition) is 4. The fourth-order valence-electron chi connectivity index (χ4n) is 0.183. The maximum atomic E-state index is 8.06. The highest BCUT2D eigenvalue weighted by atomic mass is 16.5. The van der Waals surface area contributed by atoms with Gasteiger partial charge in [-0.05, 0) is 6.92 Å². The Labute approximate surface area is 42.1 Å². The summed E-state index contributed by atoms with van der Waals surface area (Å²) in [7, 11) is 0. The minimum absolute atomic E-state index is 0.106. The first-order valence-corrected chi connectivity index (χ1v) is 2.08. The van der Waals surface area contributed by atoms with E-state index in [9.17, 15) is 0 Å². The number of nitrogens with one attached hydrogen (secondary N) is 2. The van der Waals surface area contributed by atoms with Crippen LogP contribution in [-0.2, 0) is 0 Å². The summed E-state index contributed by atoms with van der Waals surface area (Å²) in [6.45, 7) is 2.07. The van der Waals surface area contributed by atoms with Crippen LogP contribution in [0.4, 0.5) is 0 Å². The first kappa shape index (κ1) is 6.84. The van der Waals surface area contributed by atoms with Crippen molar-refractivity contribution in [1.82, 2.24) is 11.0 Å². The molecular formula is C3H10N2O2. The summed E-state index contributed by atoms with van der Waals surface area (Å²) in [5.41, 5.74) is 3.84. The molecule has 0 aromatic heterocycles. The van der Waals surface area contributed by atoms with Crippen molar-refractivity contribution in [2.45, 2.75) is 13.0 Å². The Kier molecular flexibility index (Phi) is 3.92. The van der Waals surface area contributed by atoms with E-state index in [2.05, 4.69) is 0 Å². The van der Waals surface area contributed by atoms with E-state index in [1.807, 2.05) is 11.0 Å². The van der Waals surface area contributed by atoms with Crippen LogP contribution in [0.25, 0.3) is 0 Å². The molecule has 0 heterocycles. The molecule has 0 aromatic rings. The lowest BCUT2D eigenvalue weighted by Gasteiger charge is -2.04. The first-order valence-electron chi connectivity index (χ1n) is 2.08. The van der Waals surface area contributed by atoms with Gasteiger partial charge in [-0.3, -0.25) is 0 Å². The minimum atomic E-state index is -0.106. The van der Waals surface area contributed by atoms with Gasteiger partial charge in [-0.25, -0.2) is 11.0 Å². The fraction of sp³-hybridized carbons (Fsp3) is 1.00. The van der Waals surface area contributed by atoms with E-state index in [0.717, 1.165) is 0 Å². The molecule has 0 radical (unpaired) electrons. The second-order valence-corrected chi connectivity index (χ2v) is 1.39. The molecule has 0 bridgehead atoms. The average molecular weight is 106 g/mol. The zero-order valence-electron chi connectivity index (χ0n) is 4.18. The number of hydroxylamine groups is 2. The third kappa shape index (κ3) is 3.68. The summed E-state index contributed by atoms with van der Waals surface area (Å²) >= 11 is 0. The van der Waals surface area contributed by atoms with Gasteiger partial charge in [0.25, 0.3) is 0 Å². The normalized spacial score (nSPS) is 14.1. The summed E-state index contributed by atoms with van der Waals surface area (Å²) in [5, 5.41) is 16.0. The third-order valence-corrected chi connectivity index (χ3v) is 0.618. The lowest BCUT2D eigenvalue weighted by atomic mass is 10.4. The van der Waals surface area contributed by atoms with Crippen molar-refractivity contribution in [1.29, 1.82) is 0 Å². The summed E-state index contributed by atoms with van der Waals surface area (Å²) in [4.78, 5) is 0. The molecule has 0 aromatic carbocycles. The zero-order valence-corrected chi connectivity index (χ0v) is 4.18. The van der Waals surface area contributed by atoms with Crippen molar-refractivity contribution in [3.63, 3.8) is 0 Å². The van der Waals surface area contributed by atoms with E-state index in [1.54, 1.807) is 6.92 Å². The Morgan fingerprint density at radius 1 is 1.57 bits per heavy atom. The Morgan fingerprint density at radius 3 is 2.29 bits per heavy atom. The highest BCUT2D eigenvalue weighted by Gasteiger charge is 1.93. The molecule has 0 amide bonds. The Bertz CT molecular complexity index is 41.9. The van der Waals surface area contributed by atoms with Gasteiger partial charge in [-0.2, -0.15) is 0 Å². The molecule has 4 N–H and O–H groups in total. The van der Waals surface area contributed by atoms with E-state index >= 15 is 0 Å². The van der Waals surface area contributed by atoms with Gasteiger partial charge >= 0.3 is 0 Å². The molecule has 0 saturated carbocycles. The fourth-order valence-corrected chi connectivity index (χ4v) is 0.183. The highest BCUT2D eigenvalue weighted by Crippen LogP contribution is 1.70. The smallest absolute Gasteiger partial charge is 0.0439 e. The summed E-state index contributed by atoms with van der Waals surface area (Å²) in [6.07, 6.45) is 0. The van der Waals surface area contributed by atoms with Crippen LogP contribution in [0, 0.1) is 0 Å². The number of rotatable bonds is 3. The molecule has 0 unspecified atom stereocenters. The molecule has 0 aliphatic heterocycles. The van der Waals surface area contributed by atoms with Gasteiger partial charge in [0.05, 0.1) is 0 Å². The SMILES string of the molecule is C[C@@H](CNO)NO. The van der Waals surface area contributed by atoms with Gasteiger partial charge in [-0.1, -0.05) is 0 Å². The lowest BCUT2D eigenvalue weighted by molar-refractivity contribution is 0.0953. The van der Waals surface area contributed by atoms with Crippen LogP contribution in [-0.4, -0.2) is 23.0 Å². The van der Waals surface area contributed by atoms with Crippen LogP contribution < -0.4 is 11.0 Å². The molecule has 0 saturated heterocycles. The molecule has 4 nitrogen and oxygen atoms in total. The van der Waals surface area contributed by atoms with E-state index < -0.39 is 0 Å². The maximum Gasteiger partial charge on any atom is 0.0439 e. The van der Waals surface area contributed by atoms with E-state index in [-0.39, 0.29) is 6.04 Å². The van der Waals surface area contributed by atoms with Crippen LogP contribution in [0.2, 0.25) is 0 Å². The van der Waals surface area contributed by atoms with Gasteiger partial charge in [0.1, 0.15) is 0 Å². The zero-order chi connectivity index (χ0) is 5.70. The molecule has 0 aliphatic carbocycles. The van der Waals surface area contributed by atoms with Crippen molar-refractivity contribution < 1.29 is 10.4 Å². The summed E-state index contributed by atoms with van der Waals surface area (Å²) in [6, 6.07) is -0.106. The Hall–Kier alpha value is -0.160. The second kappa shape index (κ2) is 4.01. The van der Waals surface area contributed by atoms with Crippen LogP contribution in [0.5, 0.6) is 0 Å². The second-order valence-electron chi connectivity index (χ2n) is 1.39. The van der Waals surface area contributed by atoms with Crippen molar-refractivity contribution >= 4 is 0 Å². The minimum Gasteiger partial charge on any atom is -0.317 e. The highest BCUT2D eigenvalue weighted by molar-refractivity contribution is 4.51. The molecule has 44 valence electrons. The summed E-state index contributed by atoms with van der Waals surface area (Å²) < 4.78 is 0. The quantitative estimate of drug-likeness (QED) is 0.360. The molecule has 0 spiro atoms. The van der Waals surface area contributed by atoms with Crippen LogP contribution in [0.15, 0.2) is 0 Å². The monoisotopic (exact) mass is 106 g/mol. The van der Waals surface area contributed by atoms with Crippen molar-refractivity contribution in [2.24, 2.45) is 0 Å². The Morgan fingerprint density at radius 2 is 2.14 bits per heavy atom. The van der Waals surface area contributed by atoms with Crippen molar-refractivity contribution in [3.05, 3.63) is 0 Å². The molecule has 7 heavy (non-hydrogen) atoms. The van der Waals surface area contributed by atoms with E-state index in [0.29, 0.717) is 6.54 Å². The predicted molar refractivity (Wildman–Crippen MR) is 24.2 cm³/mol. The molecule has 4 heteroatoms. The molecular weight excluding hydrogens is 96.0 g/mol. The molecule has 1 atom stereocenters. The molecule has 0 aliphatic rings. The standard InChI is InChI=1S/C3H10N2O2/c1-3(5-7)2-4-6/h3-7H,2H2,1H3/t3-/m0/s1. The van der Waals surface area contributed by atoms with Crippen LogP contribution >= 0.6 is 0 Å². The van der Waals surface area contributed by atoms with E-state index in [1.165, 1.54) is 0 Å². The molecule has 0 rings (SSSR count). The lowest BCUT2D eigenvalue weighted by Crippen LogP contribution is -2.32. The van der Waals surface area contributed by atoms with E-state index in [4.69, 9.17) is 10.4 Å². The third-order valence-electron chi connectivity index (χ3n) is 0.618. The van der Waals surface area contributed by atoms with Crippen LogP contribution in [0.1, 0.15) is 6.92 Å². The average Bonchev–Trinajstić information content (AvgIpc) is 1.68. The predicted octanol–water partition coefficient (Wildman–Crippen LogP) is -0.667. The van der Waals surface area contributed by atoms with Gasteiger partial charge in [0, 0.05) is 12.6 Å². The van der Waals surface area contributed by atoms with Gasteiger partial charge in [0.2, 0.25) is 0 Å². The Balaban J connectivity index is 2.83. The first-order chi connectivity index (χ1) is 3.31. The summed E-state index contributed by atoms with van der Waals surface area (Å²) in [5.74, 6) is 0.